The maximum absolute atomic E-state index is 7.34. The lowest BCUT2D eigenvalue weighted by atomic mass is 10.1. The number of nitrogen functional groups attached to an aromatic ring is 1. The van der Waals surface area contributed by atoms with Crippen molar-refractivity contribution in [3.8, 4) is 0 Å². The molecule has 0 aliphatic rings. The van der Waals surface area contributed by atoms with E-state index < -0.39 is 0 Å². The maximum Gasteiger partial charge on any atom is 0.123 e. The van der Waals surface area contributed by atoms with Crippen LogP contribution in [0.2, 0.25) is 0 Å². The van der Waals surface area contributed by atoms with Gasteiger partial charge in [-0.05, 0) is 11.6 Å². The molecule has 0 aliphatic carbocycles. The number of rotatable bonds is 3. The molecule has 0 radical (unpaired) electrons. The van der Waals surface area contributed by atoms with Crippen molar-refractivity contribution in [1.82, 2.24) is 0 Å². The minimum atomic E-state index is -0.140. The zero-order valence-electron chi connectivity index (χ0n) is 9.09. The van der Waals surface area contributed by atoms with E-state index in [1.165, 1.54) is 11.3 Å². The van der Waals surface area contributed by atoms with E-state index >= 15 is 0 Å². The summed E-state index contributed by atoms with van der Waals surface area (Å²) in [6, 6.07) is 11.6. The molecule has 5 N–H and O–H groups in total. The summed E-state index contributed by atoms with van der Waals surface area (Å²) in [6.07, 6.45) is 0. The third-order valence-corrected chi connectivity index (χ3v) is 3.41. The van der Waals surface area contributed by atoms with Gasteiger partial charge in [-0.3, -0.25) is 5.41 Å². The van der Waals surface area contributed by atoms with E-state index in [0.717, 1.165) is 16.0 Å². The lowest BCUT2D eigenvalue weighted by molar-refractivity contribution is 0.893. The normalized spacial score (nSPS) is 11.6. The molecule has 1 aromatic heterocycles. The van der Waals surface area contributed by atoms with Gasteiger partial charge in [0.05, 0.1) is 6.04 Å². The zero-order chi connectivity index (χ0) is 11.5. The van der Waals surface area contributed by atoms with Gasteiger partial charge < -0.3 is 11.5 Å². The van der Waals surface area contributed by atoms with Gasteiger partial charge in [0.15, 0.2) is 0 Å². The topological polar surface area (TPSA) is 75.9 Å². The molecule has 90 valence electrons. The first-order chi connectivity index (χ1) is 7.68. The molecule has 0 spiro atoms. The predicted octanol–water partition coefficient (Wildman–Crippen LogP) is 2.50. The lowest BCUT2D eigenvalue weighted by Gasteiger charge is -2.09. The second kappa shape index (κ2) is 5.82. The molecule has 0 saturated carbocycles. The number of benzene rings is 1. The Balaban J connectivity index is 0.00000144. The summed E-state index contributed by atoms with van der Waals surface area (Å²) in [5.41, 5.74) is 13.4. The first kappa shape index (κ1) is 13.7. The SMILES string of the molecule is Cl.N=C(N)c1csc(C(N)c2ccccc2)c1. The second-order valence-electron chi connectivity index (χ2n) is 3.54. The van der Waals surface area contributed by atoms with Crippen LogP contribution in [0.3, 0.4) is 0 Å². The third kappa shape index (κ3) is 3.06. The molecule has 2 aromatic rings. The quantitative estimate of drug-likeness (QED) is 0.590. The van der Waals surface area contributed by atoms with Crippen LogP contribution in [0.5, 0.6) is 0 Å². The summed E-state index contributed by atoms with van der Waals surface area (Å²) in [4.78, 5) is 1.02. The average Bonchev–Trinajstić information content (AvgIpc) is 2.78. The molecule has 17 heavy (non-hydrogen) atoms. The molecular weight excluding hydrogens is 254 g/mol. The minimum Gasteiger partial charge on any atom is -0.384 e. The predicted molar refractivity (Wildman–Crippen MR) is 75.1 cm³/mol. The molecule has 0 fully saturated rings. The molecule has 1 atom stereocenters. The van der Waals surface area contributed by atoms with Crippen molar-refractivity contribution in [3.05, 3.63) is 57.8 Å². The van der Waals surface area contributed by atoms with Crippen LogP contribution < -0.4 is 11.5 Å². The van der Waals surface area contributed by atoms with Crippen LogP contribution in [0.15, 0.2) is 41.8 Å². The fraction of sp³-hybridized carbons (Fsp3) is 0.0833. The van der Waals surface area contributed by atoms with Gasteiger partial charge in [0.2, 0.25) is 0 Å². The van der Waals surface area contributed by atoms with Gasteiger partial charge in [0.25, 0.3) is 0 Å². The molecule has 0 bridgehead atoms. The van der Waals surface area contributed by atoms with Crippen LogP contribution in [0.1, 0.15) is 22.0 Å². The van der Waals surface area contributed by atoms with Crippen molar-refractivity contribution >= 4 is 29.6 Å². The summed E-state index contributed by atoms with van der Waals surface area (Å²) in [5.74, 6) is 0.0859. The van der Waals surface area contributed by atoms with E-state index in [9.17, 15) is 0 Å². The highest BCUT2D eigenvalue weighted by Crippen LogP contribution is 2.25. The highest BCUT2D eigenvalue weighted by molar-refractivity contribution is 7.10. The van der Waals surface area contributed by atoms with Gasteiger partial charge in [-0.15, -0.1) is 23.7 Å². The summed E-state index contributed by atoms with van der Waals surface area (Å²) in [7, 11) is 0. The van der Waals surface area contributed by atoms with Gasteiger partial charge in [-0.25, -0.2) is 0 Å². The molecule has 0 saturated heterocycles. The molecular formula is C12H14ClN3S. The van der Waals surface area contributed by atoms with Gasteiger partial charge in [-0.2, -0.15) is 0 Å². The van der Waals surface area contributed by atoms with E-state index in [0.29, 0.717) is 0 Å². The van der Waals surface area contributed by atoms with Gasteiger partial charge in [0, 0.05) is 15.8 Å². The number of amidine groups is 1. The maximum atomic E-state index is 7.34. The lowest BCUT2D eigenvalue weighted by Crippen LogP contribution is -2.11. The second-order valence-corrected chi connectivity index (χ2v) is 4.48. The number of hydrogen-bond donors (Lipinski definition) is 3. The van der Waals surface area contributed by atoms with Crippen molar-refractivity contribution in [2.45, 2.75) is 6.04 Å². The van der Waals surface area contributed by atoms with Crippen LogP contribution in [0.4, 0.5) is 0 Å². The van der Waals surface area contributed by atoms with Crippen molar-refractivity contribution in [2.24, 2.45) is 11.5 Å². The third-order valence-electron chi connectivity index (χ3n) is 2.40. The minimum absolute atomic E-state index is 0. The molecule has 1 heterocycles. The first-order valence-electron chi connectivity index (χ1n) is 4.92. The molecule has 1 aromatic carbocycles. The van der Waals surface area contributed by atoms with Crippen LogP contribution in [0, 0.1) is 5.41 Å². The first-order valence-corrected chi connectivity index (χ1v) is 5.80. The van der Waals surface area contributed by atoms with Crippen LogP contribution in [-0.4, -0.2) is 5.84 Å². The average molecular weight is 268 g/mol. The Labute approximate surface area is 110 Å². The summed E-state index contributed by atoms with van der Waals surface area (Å²) >= 11 is 1.53. The van der Waals surface area contributed by atoms with E-state index in [-0.39, 0.29) is 24.3 Å². The fourth-order valence-corrected chi connectivity index (χ4v) is 2.42. The van der Waals surface area contributed by atoms with Crippen molar-refractivity contribution in [1.29, 1.82) is 5.41 Å². The number of nitrogens with one attached hydrogen (secondary N) is 1. The van der Waals surface area contributed by atoms with Gasteiger partial charge >= 0.3 is 0 Å². The standard InChI is InChI=1S/C12H13N3S.ClH/c13-11(8-4-2-1-3-5-8)10-6-9(7-16-10)12(14)15;/h1-7,11H,13H2,(H3,14,15);1H. The van der Waals surface area contributed by atoms with Gasteiger partial charge in [-0.1, -0.05) is 30.3 Å². The van der Waals surface area contributed by atoms with Crippen molar-refractivity contribution in [3.63, 3.8) is 0 Å². The van der Waals surface area contributed by atoms with Crippen molar-refractivity contribution in [2.75, 3.05) is 0 Å². The number of thiophene rings is 1. The van der Waals surface area contributed by atoms with E-state index in [2.05, 4.69) is 0 Å². The highest BCUT2D eigenvalue weighted by atomic mass is 35.5. The Morgan fingerprint density at radius 3 is 2.41 bits per heavy atom. The van der Waals surface area contributed by atoms with E-state index in [4.69, 9.17) is 16.9 Å². The van der Waals surface area contributed by atoms with Crippen molar-refractivity contribution < 1.29 is 0 Å². The van der Waals surface area contributed by atoms with Crippen LogP contribution in [0.25, 0.3) is 0 Å². The summed E-state index contributed by atoms with van der Waals surface area (Å²) in [5, 5.41) is 9.20. The molecule has 0 amide bonds. The summed E-state index contributed by atoms with van der Waals surface area (Å²) in [6.45, 7) is 0. The van der Waals surface area contributed by atoms with E-state index in [1.807, 2.05) is 41.8 Å². The number of halogens is 1. The Kier molecular flexibility index (Phi) is 4.69. The van der Waals surface area contributed by atoms with E-state index in [1.54, 1.807) is 0 Å². The Morgan fingerprint density at radius 2 is 1.88 bits per heavy atom. The summed E-state index contributed by atoms with van der Waals surface area (Å²) < 4.78 is 0. The molecule has 0 aliphatic heterocycles. The fourth-order valence-electron chi connectivity index (χ4n) is 1.48. The Morgan fingerprint density at radius 1 is 1.24 bits per heavy atom. The molecule has 1 unspecified atom stereocenters. The smallest absolute Gasteiger partial charge is 0.123 e. The molecule has 2 rings (SSSR count). The highest BCUT2D eigenvalue weighted by Gasteiger charge is 2.11. The monoisotopic (exact) mass is 267 g/mol. The molecule has 5 heteroatoms. The Bertz CT molecular complexity index is 495. The number of hydrogen-bond acceptors (Lipinski definition) is 3. The van der Waals surface area contributed by atoms with Crippen LogP contribution >= 0.6 is 23.7 Å². The van der Waals surface area contributed by atoms with Gasteiger partial charge in [0.1, 0.15) is 5.84 Å². The largest absolute Gasteiger partial charge is 0.384 e. The Hall–Kier alpha value is -1.36. The molecule has 3 nitrogen and oxygen atoms in total. The van der Waals surface area contributed by atoms with Crippen LogP contribution in [-0.2, 0) is 0 Å². The zero-order valence-corrected chi connectivity index (χ0v) is 10.7. The number of nitrogens with two attached hydrogens (primary N) is 2.